The average Bonchev–Trinajstić information content (AvgIpc) is 3.29. The minimum Gasteiger partial charge on any atom is -0.459 e. The molecule has 1 aromatic heterocycles. The lowest BCUT2D eigenvalue weighted by Gasteiger charge is -2.38. The van der Waals surface area contributed by atoms with Crippen LogP contribution < -0.4 is 4.90 Å². The van der Waals surface area contributed by atoms with Gasteiger partial charge in [-0.15, -0.1) is 0 Å². The zero-order valence-corrected chi connectivity index (χ0v) is 16.0. The fraction of sp³-hybridized carbons (Fsp3) is 0.429. The van der Waals surface area contributed by atoms with Gasteiger partial charge in [0.15, 0.2) is 5.76 Å². The van der Waals surface area contributed by atoms with Crippen LogP contribution in [-0.2, 0) is 4.79 Å². The summed E-state index contributed by atoms with van der Waals surface area (Å²) in [6, 6.07) is 13.7. The van der Waals surface area contributed by atoms with Crippen molar-refractivity contribution in [1.29, 1.82) is 0 Å². The van der Waals surface area contributed by atoms with Gasteiger partial charge >= 0.3 is 0 Å². The molecule has 0 aliphatic carbocycles. The number of rotatable bonds is 4. The van der Waals surface area contributed by atoms with E-state index in [0.717, 1.165) is 26.2 Å². The molecule has 2 amide bonds. The lowest BCUT2D eigenvalue weighted by atomic mass is 10.2. The third-order valence-electron chi connectivity index (χ3n) is 5.50. The highest BCUT2D eigenvalue weighted by Crippen LogP contribution is 2.16. The Morgan fingerprint density at radius 3 is 2.11 bits per heavy atom. The molecule has 7 nitrogen and oxygen atoms in total. The highest BCUT2D eigenvalue weighted by molar-refractivity contribution is 5.91. The first-order valence-corrected chi connectivity index (χ1v) is 9.83. The van der Waals surface area contributed by atoms with Crippen LogP contribution in [0, 0.1) is 0 Å². The van der Waals surface area contributed by atoms with Gasteiger partial charge in [0.05, 0.1) is 12.8 Å². The Balaban J connectivity index is 1.21. The first-order valence-electron chi connectivity index (χ1n) is 9.83. The van der Waals surface area contributed by atoms with Gasteiger partial charge in [0, 0.05) is 58.0 Å². The molecule has 0 atom stereocenters. The molecule has 0 bridgehead atoms. The van der Waals surface area contributed by atoms with Crippen LogP contribution in [-0.4, -0.2) is 85.4 Å². The molecular formula is C21H26N4O3. The van der Waals surface area contributed by atoms with Crippen LogP contribution in [0.1, 0.15) is 10.6 Å². The Morgan fingerprint density at radius 1 is 0.786 bits per heavy atom. The molecule has 0 spiro atoms. The number of amides is 2. The van der Waals surface area contributed by atoms with Crippen molar-refractivity contribution in [1.82, 2.24) is 14.7 Å². The highest BCUT2D eigenvalue weighted by atomic mass is 16.3. The minimum absolute atomic E-state index is 0.0759. The van der Waals surface area contributed by atoms with Crippen molar-refractivity contribution in [2.75, 3.05) is 63.8 Å². The van der Waals surface area contributed by atoms with Crippen molar-refractivity contribution in [2.45, 2.75) is 0 Å². The van der Waals surface area contributed by atoms with E-state index in [2.05, 4.69) is 21.9 Å². The van der Waals surface area contributed by atoms with Gasteiger partial charge in [-0.3, -0.25) is 14.5 Å². The number of nitrogens with zero attached hydrogens (tertiary/aromatic N) is 4. The molecular weight excluding hydrogens is 356 g/mol. The molecule has 2 aromatic rings. The third-order valence-corrected chi connectivity index (χ3v) is 5.50. The van der Waals surface area contributed by atoms with Crippen LogP contribution in [0.4, 0.5) is 5.69 Å². The zero-order valence-electron chi connectivity index (χ0n) is 16.0. The molecule has 1 aromatic carbocycles. The topological polar surface area (TPSA) is 60.2 Å². The number of anilines is 1. The number of hydrogen-bond donors (Lipinski definition) is 0. The van der Waals surface area contributed by atoms with Crippen molar-refractivity contribution in [3.05, 3.63) is 54.5 Å². The Bertz CT molecular complexity index is 777. The molecule has 0 saturated carbocycles. The lowest BCUT2D eigenvalue weighted by molar-refractivity contribution is -0.133. The minimum atomic E-state index is -0.0759. The molecule has 0 N–H and O–H groups in total. The molecule has 2 saturated heterocycles. The van der Waals surface area contributed by atoms with E-state index in [4.69, 9.17) is 4.42 Å². The van der Waals surface area contributed by atoms with Gasteiger partial charge in [-0.1, -0.05) is 18.2 Å². The summed E-state index contributed by atoms with van der Waals surface area (Å²) in [5.41, 5.74) is 1.21. The predicted octanol–water partition coefficient (Wildman–Crippen LogP) is 1.39. The molecule has 148 valence electrons. The van der Waals surface area contributed by atoms with Gasteiger partial charge in [-0.05, 0) is 24.3 Å². The molecule has 7 heteroatoms. The summed E-state index contributed by atoms with van der Waals surface area (Å²) in [7, 11) is 0. The Kier molecular flexibility index (Phi) is 5.62. The number of furan rings is 1. The van der Waals surface area contributed by atoms with E-state index < -0.39 is 0 Å². The van der Waals surface area contributed by atoms with E-state index >= 15 is 0 Å². The molecule has 28 heavy (non-hydrogen) atoms. The van der Waals surface area contributed by atoms with Crippen LogP contribution in [0.2, 0.25) is 0 Å². The number of piperazine rings is 2. The van der Waals surface area contributed by atoms with Crippen LogP contribution in [0.15, 0.2) is 53.1 Å². The fourth-order valence-corrected chi connectivity index (χ4v) is 3.81. The van der Waals surface area contributed by atoms with Crippen LogP contribution in [0.5, 0.6) is 0 Å². The van der Waals surface area contributed by atoms with Gasteiger partial charge in [0.2, 0.25) is 5.91 Å². The summed E-state index contributed by atoms with van der Waals surface area (Å²) >= 11 is 0. The Hall–Kier alpha value is -2.80. The maximum Gasteiger partial charge on any atom is 0.289 e. The fourth-order valence-electron chi connectivity index (χ4n) is 3.81. The first kappa shape index (κ1) is 18.6. The van der Waals surface area contributed by atoms with E-state index in [9.17, 15) is 9.59 Å². The first-order chi connectivity index (χ1) is 13.7. The molecule has 0 radical (unpaired) electrons. The van der Waals surface area contributed by atoms with Gasteiger partial charge in [-0.25, -0.2) is 0 Å². The number of carbonyl (C=O) groups excluding carboxylic acids is 2. The van der Waals surface area contributed by atoms with Crippen molar-refractivity contribution < 1.29 is 14.0 Å². The van der Waals surface area contributed by atoms with Gasteiger partial charge in [-0.2, -0.15) is 0 Å². The second-order valence-corrected chi connectivity index (χ2v) is 7.25. The van der Waals surface area contributed by atoms with Crippen molar-refractivity contribution >= 4 is 17.5 Å². The normalized spacial score (nSPS) is 18.4. The monoisotopic (exact) mass is 382 g/mol. The summed E-state index contributed by atoms with van der Waals surface area (Å²) in [5, 5.41) is 0. The van der Waals surface area contributed by atoms with Crippen molar-refractivity contribution in [2.24, 2.45) is 0 Å². The maximum absolute atomic E-state index is 12.7. The predicted molar refractivity (Wildman–Crippen MR) is 106 cm³/mol. The number of benzene rings is 1. The van der Waals surface area contributed by atoms with Crippen LogP contribution in [0.25, 0.3) is 0 Å². The molecule has 0 unspecified atom stereocenters. The summed E-state index contributed by atoms with van der Waals surface area (Å²) in [5.74, 6) is 0.479. The Morgan fingerprint density at radius 2 is 1.46 bits per heavy atom. The second-order valence-electron chi connectivity index (χ2n) is 7.25. The molecule has 4 rings (SSSR count). The van der Waals surface area contributed by atoms with E-state index in [0.29, 0.717) is 38.5 Å². The molecule has 2 aliphatic rings. The highest BCUT2D eigenvalue weighted by Gasteiger charge is 2.27. The average molecular weight is 382 g/mol. The molecule has 2 aliphatic heterocycles. The standard InChI is InChI=1S/C21H26N4O3/c26-20(24-14-12-23(13-15-24)18-5-2-1-3-6-18)17-22-8-10-25(11-9-22)21(27)19-7-4-16-28-19/h1-7,16H,8-15,17H2. The van der Waals surface area contributed by atoms with Gasteiger partial charge in [0.25, 0.3) is 5.91 Å². The SMILES string of the molecule is O=C(CN1CCN(C(=O)c2ccco2)CC1)N1CCN(c2ccccc2)CC1. The summed E-state index contributed by atoms with van der Waals surface area (Å²) in [6.07, 6.45) is 1.51. The third kappa shape index (κ3) is 4.20. The molecule has 3 heterocycles. The summed E-state index contributed by atoms with van der Waals surface area (Å²) in [4.78, 5) is 33.2. The maximum atomic E-state index is 12.7. The Labute approximate surface area is 165 Å². The smallest absolute Gasteiger partial charge is 0.289 e. The largest absolute Gasteiger partial charge is 0.459 e. The molecule has 2 fully saturated rings. The quantitative estimate of drug-likeness (QED) is 0.800. The van der Waals surface area contributed by atoms with Crippen LogP contribution in [0.3, 0.4) is 0 Å². The summed E-state index contributed by atoms with van der Waals surface area (Å²) < 4.78 is 5.19. The number of para-hydroxylation sites is 1. The second kappa shape index (κ2) is 8.48. The van der Waals surface area contributed by atoms with E-state index in [1.165, 1.54) is 12.0 Å². The number of hydrogen-bond acceptors (Lipinski definition) is 5. The van der Waals surface area contributed by atoms with Crippen LogP contribution >= 0.6 is 0 Å². The number of carbonyl (C=O) groups is 2. The van der Waals surface area contributed by atoms with Crippen molar-refractivity contribution in [3.8, 4) is 0 Å². The lowest BCUT2D eigenvalue weighted by Crippen LogP contribution is -2.54. The van der Waals surface area contributed by atoms with Gasteiger partial charge < -0.3 is 19.1 Å². The zero-order chi connectivity index (χ0) is 19.3. The van der Waals surface area contributed by atoms with Crippen molar-refractivity contribution in [3.63, 3.8) is 0 Å². The van der Waals surface area contributed by atoms with Gasteiger partial charge in [0.1, 0.15) is 0 Å². The van der Waals surface area contributed by atoms with E-state index in [1.54, 1.807) is 17.0 Å². The summed E-state index contributed by atoms with van der Waals surface area (Å²) in [6.45, 7) is 6.32. The van der Waals surface area contributed by atoms with E-state index in [1.807, 2.05) is 23.1 Å². The van der Waals surface area contributed by atoms with E-state index in [-0.39, 0.29) is 11.8 Å².